The largest absolute Gasteiger partial charge is 0.340 e. The molecular formula is C20H16N4. The summed E-state index contributed by atoms with van der Waals surface area (Å²) in [5.41, 5.74) is 5.50. The first kappa shape index (κ1) is 14.3. The highest BCUT2D eigenvalue weighted by molar-refractivity contribution is 5.89. The molecule has 1 aliphatic rings. The second-order valence-electron chi connectivity index (χ2n) is 5.61. The van der Waals surface area contributed by atoms with E-state index in [4.69, 9.17) is 0 Å². The molecule has 1 N–H and O–H groups in total. The summed E-state index contributed by atoms with van der Waals surface area (Å²) < 4.78 is 0. The number of nitrogens with zero attached hydrogens (tertiary/aromatic N) is 3. The first-order chi connectivity index (χ1) is 11.8. The second-order valence-corrected chi connectivity index (χ2v) is 5.61. The van der Waals surface area contributed by atoms with Crippen LogP contribution < -0.4 is 4.90 Å². The number of fused-ring (bicyclic) bond motifs is 2. The van der Waals surface area contributed by atoms with Crippen LogP contribution in [0.4, 0.5) is 5.69 Å². The highest BCUT2D eigenvalue weighted by Gasteiger charge is 2.21. The van der Waals surface area contributed by atoms with Crippen molar-refractivity contribution >= 4 is 28.4 Å². The Morgan fingerprint density at radius 3 is 2.71 bits per heavy atom. The van der Waals surface area contributed by atoms with E-state index in [-0.39, 0.29) is 0 Å². The topological polar surface area (TPSA) is 55.7 Å². The summed E-state index contributed by atoms with van der Waals surface area (Å²) in [7, 11) is 0. The molecule has 0 saturated heterocycles. The van der Waals surface area contributed by atoms with Gasteiger partial charge in [0.05, 0.1) is 16.7 Å². The fraction of sp³-hybridized carbons (Fsp3) is 0.100. The Balaban J connectivity index is 1.91. The number of hydrogen-bond donors (Lipinski definition) is 1. The Bertz CT molecular complexity index is 984. The molecule has 0 bridgehead atoms. The van der Waals surface area contributed by atoms with Crippen molar-refractivity contribution < 1.29 is 0 Å². The van der Waals surface area contributed by atoms with Gasteiger partial charge in [0.15, 0.2) is 5.82 Å². The van der Waals surface area contributed by atoms with Crippen molar-refractivity contribution in [2.75, 3.05) is 11.4 Å². The maximum Gasteiger partial charge on any atom is 0.151 e. The molecule has 0 aliphatic carbocycles. The number of imidazole rings is 1. The lowest BCUT2D eigenvalue weighted by atomic mass is 10.0. The number of anilines is 1. The van der Waals surface area contributed by atoms with Gasteiger partial charge in [-0.25, -0.2) is 4.98 Å². The van der Waals surface area contributed by atoms with E-state index in [0.717, 1.165) is 34.5 Å². The van der Waals surface area contributed by atoms with E-state index in [2.05, 4.69) is 46.1 Å². The number of rotatable bonds is 2. The van der Waals surface area contributed by atoms with Gasteiger partial charge in [-0.3, -0.25) is 0 Å². The molecule has 0 unspecified atom stereocenters. The molecule has 1 aliphatic heterocycles. The average Bonchev–Trinajstić information content (AvgIpc) is 3.05. The van der Waals surface area contributed by atoms with E-state index >= 15 is 0 Å². The number of H-pyrrole nitrogens is 1. The van der Waals surface area contributed by atoms with Crippen LogP contribution in [0.5, 0.6) is 0 Å². The number of likely N-dealkylation sites (N-methyl/N-ethyl adjacent to an activating group) is 1. The van der Waals surface area contributed by atoms with Crippen molar-refractivity contribution in [2.45, 2.75) is 6.92 Å². The number of aromatic amines is 1. The molecule has 4 nitrogen and oxygen atoms in total. The smallest absolute Gasteiger partial charge is 0.151 e. The number of benzene rings is 2. The molecule has 4 rings (SSSR count). The lowest BCUT2D eigenvalue weighted by molar-refractivity contribution is 0.972. The molecule has 116 valence electrons. The third kappa shape index (κ3) is 2.19. The lowest BCUT2D eigenvalue weighted by Crippen LogP contribution is -2.25. The zero-order valence-electron chi connectivity index (χ0n) is 13.3. The molecule has 0 atom stereocenters. The summed E-state index contributed by atoms with van der Waals surface area (Å²) in [5, 5.41) is 9.79. The first-order valence-corrected chi connectivity index (χ1v) is 7.96. The quantitative estimate of drug-likeness (QED) is 0.716. The van der Waals surface area contributed by atoms with Gasteiger partial charge in [-0.05, 0) is 36.8 Å². The van der Waals surface area contributed by atoms with Gasteiger partial charge < -0.3 is 9.88 Å². The van der Waals surface area contributed by atoms with Gasteiger partial charge in [-0.2, -0.15) is 5.26 Å². The molecule has 0 fully saturated rings. The fourth-order valence-electron chi connectivity index (χ4n) is 3.12. The normalized spacial score (nSPS) is 15.2. The van der Waals surface area contributed by atoms with E-state index in [9.17, 15) is 5.26 Å². The lowest BCUT2D eigenvalue weighted by Gasteiger charge is -2.29. The number of allylic oxidation sites excluding steroid dienone is 2. The van der Waals surface area contributed by atoms with E-state index < -0.39 is 0 Å². The van der Waals surface area contributed by atoms with Crippen molar-refractivity contribution in [3.05, 3.63) is 71.7 Å². The Morgan fingerprint density at radius 2 is 1.92 bits per heavy atom. The Labute approximate surface area is 140 Å². The molecule has 2 heterocycles. The van der Waals surface area contributed by atoms with E-state index in [1.54, 1.807) is 0 Å². The van der Waals surface area contributed by atoms with Gasteiger partial charge in [0.2, 0.25) is 0 Å². The second kappa shape index (κ2) is 5.71. The van der Waals surface area contributed by atoms with Crippen LogP contribution in [0.2, 0.25) is 0 Å². The fourth-order valence-corrected chi connectivity index (χ4v) is 3.12. The van der Waals surface area contributed by atoms with Crippen LogP contribution in [0, 0.1) is 11.3 Å². The van der Waals surface area contributed by atoms with Crippen LogP contribution >= 0.6 is 0 Å². The van der Waals surface area contributed by atoms with Crippen LogP contribution in [-0.4, -0.2) is 16.5 Å². The van der Waals surface area contributed by atoms with Crippen molar-refractivity contribution in [1.82, 2.24) is 9.97 Å². The standard InChI is InChI=1S/C20H16N4/c1-2-24-18-10-6-3-7-14(18)11-12-19(24)15(13-21)20-22-16-8-4-5-9-17(16)23-20/h3-12H,2H2,1H3,(H,22,23)/b19-15+. The minimum Gasteiger partial charge on any atom is -0.340 e. The van der Waals surface area contributed by atoms with Crippen LogP contribution in [0.25, 0.3) is 22.7 Å². The molecule has 3 aromatic rings. The molecule has 24 heavy (non-hydrogen) atoms. The zero-order valence-corrected chi connectivity index (χ0v) is 13.3. The molecular weight excluding hydrogens is 296 g/mol. The predicted molar refractivity (Wildman–Crippen MR) is 97.1 cm³/mol. The third-order valence-electron chi connectivity index (χ3n) is 4.25. The third-order valence-corrected chi connectivity index (χ3v) is 4.25. The van der Waals surface area contributed by atoms with Crippen molar-refractivity contribution in [3.8, 4) is 6.07 Å². The van der Waals surface area contributed by atoms with Gasteiger partial charge in [0, 0.05) is 12.2 Å². The summed E-state index contributed by atoms with van der Waals surface area (Å²) in [6.07, 6.45) is 4.05. The van der Waals surface area contributed by atoms with Gasteiger partial charge in [-0.1, -0.05) is 36.4 Å². The number of aromatic nitrogens is 2. The molecule has 0 radical (unpaired) electrons. The summed E-state index contributed by atoms with van der Waals surface area (Å²) in [4.78, 5) is 10.0. The minimum absolute atomic E-state index is 0.554. The molecule has 0 spiro atoms. The van der Waals surface area contributed by atoms with Gasteiger partial charge >= 0.3 is 0 Å². The van der Waals surface area contributed by atoms with E-state index in [1.165, 1.54) is 0 Å². The Morgan fingerprint density at radius 1 is 1.12 bits per heavy atom. The maximum atomic E-state index is 9.79. The van der Waals surface area contributed by atoms with Crippen molar-refractivity contribution in [3.63, 3.8) is 0 Å². The number of hydrogen-bond acceptors (Lipinski definition) is 3. The van der Waals surface area contributed by atoms with Gasteiger partial charge in [0.25, 0.3) is 0 Å². The van der Waals surface area contributed by atoms with Crippen LogP contribution in [0.15, 0.2) is 60.3 Å². The summed E-state index contributed by atoms with van der Waals surface area (Å²) in [6.45, 7) is 2.87. The number of nitrogens with one attached hydrogen (secondary N) is 1. The zero-order chi connectivity index (χ0) is 16.5. The first-order valence-electron chi connectivity index (χ1n) is 7.96. The van der Waals surface area contributed by atoms with Gasteiger partial charge in [-0.15, -0.1) is 0 Å². The maximum absolute atomic E-state index is 9.79. The monoisotopic (exact) mass is 312 g/mol. The van der Waals surface area contributed by atoms with E-state index in [0.29, 0.717) is 11.4 Å². The summed E-state index contributed by atoms with van der Waals surface area (Å²) in [6, 6.07) is 18.4. The highest BCUT2D eigenvalue weighted by Crippen LogP contribution is 2.33. The number of nitriles is 1. The summed E-state index contributed by atoms with van der Waals surface area (Å²) >= 11 is 0. The molecule has 4 heteroatoms. The van der Waals surface area contributed by atoms with E-state index in [1.807, 2.05) is 42.5 Å². The molecule has 2 aromatic carbocycles. The molecule has 0 saturated carbocycles. The molecule has 0 amide bonds. The van der Waals surface area contributed by atoms with Crippen molar-refractivity contribution in [2.24, 2.45) is 0 Å². The van der Waals surface area contributed by atoms with Gasteiger partial charge in [0.1, 0.15) is 11.6 Å². The van der Waals surface area contributed by atoms with Crippen LogP contribution in [0.3, 0.4) is 0 Å². The van der Waals surface area contributed by atoms with Crippen LogP contribution in [-0.2, 0) is 0 Å². The SMILES string of the molecule is CCN1/C(=C(\C#N)c2nc3ccccc3[nH]2)C=Cc2ccccc21. The molecule has 1 aromatic heterocycles. The highest BCUT2D eigenvalue weighted by atomic mass is 15.1. The average molecular weight is 312 g/mol. The number of para-hydroxylation sites is 3. The Kier molecular flexibility index (Phi) is 3.40. The predicted octanol–water partition coefficient (Wildman–Crippen LogP) is 4.35. The van der Waals surface area contributed by atoms with Crippen LogP contribution in [0.1, 0.15) is 18.3 Å². The minimum atomic E-state index is 0.554. The summed E-state index contributed by atoms with van der Waals surface area (Å²) in [5.74, 6) is 0.608. The Hall–Kier alpha value is -3.32. The van der Waals surface area contributed by atoms with Crippen molar-refractivity contribution in [1.29, 1.82) is 5.26 Å².